The zero-order valence-electron chi connectivity index (χ0n) is 23.8. The molecule has 3 amide bonds. The molecule has 0 radical (unpaired) electrons. The van der Waals surface area contributed by atoms with Crippen LogP contribution in [0.3, 0.4) is 0 Å². The Morgan fingerprint density at radius 2 is 1.53 bits per heavy atom. The third-order valence-corrected chi connectivity index (χ3v) is 5.84. The van der Waals surface area contributed by atoms with E-state index < -0.39 is 36.3 Å². The highest BCUT2D eigenvalue weighted by Gasteiger charge is 2.40. The van der Waals surface area contributed by atoms with E-state index in [1.165, 1.54) is 4.90 Å². The van der Waals surface area contributed by atoms with Crippen molar-refractivity contribution in [1.82, 2.24) is 15.5 Å². The van der Waals surface area contributed by atoms with Crippen molar-refractivity contribution in [3.63, 3.8) is 0 Å². The molecule has 1 aromatic rings. The molecular weight excluding hydrogens is 458 g/mol. The number of amides is 3. The molecule has 0 aromatic heterocycles. The lowest BCUT2D eigenvalue weighted by atomic mass is 9.91. The number of carbonyl (C=O) groups excluding carboxylic acids is 3. The van der Waals surface area contributed by atoms with Crippen molar-refractivity contribution in [1.29, 1.82) is 0 Å². The van der Waals surface area contributed by atoms with Gasteiger partial charge in [0.2, 0.25) is 11.8 Å². The monoisotopic (exact) mass is 505 g/mol. The molecule has 0 aliphatic rings. The number of benzene rings is 1. The van der Waals surface area contributed by atoms with Gasteiger partial charge in [0.15, 0.2) is 0 Å². The van der Waals surface area contributed by atoms with Crippen LogP contribution in [0.2, 0.25) is 0 Å². The normalized spacial score (nSPS) is 14.2. The predicted molar refractivity (Wildman–Crippen MR) is 143 cm³/mol. The Morgan fingerprint density at radius 3 is 1.97 bits per heavy atom. The fourth-order valence-corrected chi connectivity index (χ4v) is 4.15. The highest BCUT2D eigenvalue weighted by atomic mass is 16.6. The number of carbonyl (C=O) groups is 3. The second-order valence-corrected chi connectivity index (χ2v) is 11.3. The molecule has 3 unspecified atom stereocenters. The lowest BCUT2D eigenvalue weighted by Crippen LogP contribution is -2.57. The Balaban J connectivity index is 3.61. The first-order valence-corrected chi connectivity index (χ1v) is 12.9. The fourth-order valence-electron chi connectivity index (χ4n) is 4.15. The summed E-state index contributed by atoms with van der Waals surface area (Å²) in [5, 5.41) is 15.6. The fraction of sp³-hybridized carbons (Fsp3) is 0.679. The Kier molecular flexibility index (Phi) is 11.9. The molecule has 0 spiro atoms. The molecule has 0 saturated carbocycles. The van der Waals surface area contributed by atoms with Crippen LogP contribution in [0.1, 0.15) is 91.0 Å². The first kappa shape index (κ1) is 31.4. The highest BCUT2D eigenvalue weighted by Crippen LogP contribution is 2.31. The summed E-state index contributed by atoms with van der Waals surface area (Å²) in [5.74, 6) is -0.437. The third-order valence-electron chi connectivity index (χ3n) is 5.84. The number of hydrogen-bond donors (Lipinski definition) is 3. The standard InChI is InChI=1S/C28H47N3O5/c1-17(2)14-15-21(7)31(26(34)22(16-32)30-27(35)36-28(8,9)10)24(25(33)29-18(3)4)23-19(5)12-11-13-20(23)6/h11-13,17-18,21-22,24,32H,14-16H2,1-10H3,(H,29,33)(H,30,35). The van der Waals surface area contributed by atoms with Gasteiger partial charge in [0.05, 0.1) is 6.61 Å². The number of aliphatic hydroxyl groups excluding tert-OH is 1. The molecule has 0 saturated heterocycles. The smallest absolute Gasteiger partial charge is 0.408 e. The number of alkyl carbamates (subject to hydrolysis) is 1. The van der Waals surface area contributed by atoms with Crippen molar-refractivity contribution < 1.29 is 24.2 Å². The van der Waals surface area contributed by atoms with Gasteiger partial charge in [-0.1, -0.05) is 32.0 Å². The quantitative estimate of drug-likeness (QED) is 0.413. The molecule has 1 rings (SSSR count). The number of aliphatic hydroxyl groups is 1. The highest BCUT2D eigenvalue weighted by molar-refractivity contribution is 5.93. The minimum Gasteiger partial charge on any atom is -0.444 e. The Morgan fingerprint density at radius 1 is 0.972 bits per heavy atom. The molecule has 3 N–H and O–H groups in total. The van der Waals surface area contributed by atoms with Gasteiger partial charge in [-0.05, 0) is 90.8 Å². The Hall–Kier alpha value is -2.61. The van der Waals surface area contributed by atoms with E-state index in [4.69, 9.17) is 4.74 Å². The molecule has 204 valence electrons. The third kappa shape index (κ3) is 9.45. The van der Waals surface area contributed by atoms with Crippen molar-refractivity contribution in [2.75, 3.05) is 6.61 Å². The lowest BCUT2D eigenvalue weighted by Gasteiger charge is -2.39. The predicted octanol–water partition coefficient (Wildman–Crippen LogP) is 4.41. The van der Waals surface area contributed by atoms with Crippen LogP contribution in [0.4, 0.5) is 4.79 Å². The zero-order valence-corrected chi connectivity index (χ0v) is 23.8. The topological polar surface area (TPSA) is 108 Å². The van der Waals surface area contributed by atoms with Crippen molar-refractivity contribution in [3.05, 3.63) is 34.9 Å². The molecule has 36 heavy (non-hydrogen) atoms. The molecule has 1 aromatic carbocycles. The van der Waals surface area contributed by atoms with Gasteiger partial charge in [0.25, 0.3) is 0 Å². The van der Waals surface area contributed by atoms with Crippen LogP contribution in [-0.2, 0) is 14.3 Å². The van der Waals surface area contributed by atoms with Gasteiger partial charge >= 0.3 is 6.09 Å². The van der Waals surface area contributed by atoms with E-state index in [0.717, 1.165) is 23.1 Å². The molecule has 8 heteroatoms. The van der Waals surface area contributed by atoms with Gasteiger partial charge in [0.1, 0.15) is 17.7 Å². The van der Waals surface area contributed by atoms with Crippen LogP contribution in [-0.4, -0.2) is 58.2 Å². The number of ether oxygens (including phenoxy) is 1. The molecular formula is C28H47N3O5. The molecule has 3 atom stereocenters. The summed E-state index contributed by atoms with van der Waals surface area (Å²) in [4.78, 5) is 41.7. The van der Waals surface area contributed by atoms with Crippen LogP contribution < -0.4 is 10.6 Å². The van der Waals surface area contributed by atoms with E-state index in [9.17, 15) is 19.5 Å². The average molecular weight is 506 g/mol. The molecule has 0 aliphatic heterocycles. The lowest BCUT2D eigenvalue weighted by molar-refractivity contribution is -0.146. The summed E-state index contributed by atoms with van der Waals surface area (Å²) in [6, 6.07) is 3.08. The summed E-state index contributed by atoms with van der Waals surface area (Å²) in [6.45, 7) is 18.2. The number of rotatable bonds is 11. The van der Waals surface area contributed by atoms with Crippen LogP contribution in [0.5, 0.6) is 0 Å². The Bertz CT molecular complexity index is 871. The molecule has 0 heterocycles. The van der Waals surface area contributed by atoms with Gasteiger partial charge < -0.3 is 25.4 Å². The van der Waals surface area contributed by atoms with Crippen molar-refractivity contribution >= 4 is 17.9 Å². The van der Waals surface area contributed by atoms with Gasteiger partial charge in [-0.2, -0.15) is 0 Å². The zero-order chi connectivity index (χ0) is 27.8. The van der Waals surface area contributed by atoms with Crippen LogP contribution in [0, 0.1) is 19.8 Å². The molecule has 0 fully saturated rings. The van der Waals surface area contributed by atoms with Gasteiger partial charge in [0, 0.05) is 12.1 Å². The number of nitrogens with zero attached hydrogens (tertiary/aromatic N) is 1. The molecule has 0 bridgehead atoms. The maximum absolute atomic E-state index is 14.0. The van der Waals surface area contributed by atoms with Gasteiger partial charge in [-0.25, -0.2) is 4.79 Å². The second-order valence-electron chi connectivity index (χ2n) is 11.3. The second kappa shape index (κ2) is 13.6. The number of hydrogen-bond acceptors (Lipinski definition) is 5. The first-order valence-electron chi connectivity index (χ1n) is 12.9. The van der Waals surface area contributed by atoms with Gasteiger partial charge in [-0.15, -0.1) is 0 Å². The first-order chi connectivity index (χ1) is 16.6. The maximum atomic E-state index is 14.0. The van der Waals surface area contributed by atoms with E-state index in [1.54, 1.807) is 20.8 Å². The summed E-state index contributed by atoms with van der Waals surface area (Å²) in [5.41, 5.74) is 1.74. The number of aryl methyl sites for hydroxylation is 2. The van der Waals surface area contributed by atoms with Crippen molar-refractivity contribution in [3.8, 4) is 0 Å². The number of nitrogens with one attached hydrogen (secondary N) is 2. The average Bonchev–Trinajstić information content (AvgIpc) is 2.72. The van der Waals surface area contributed by atoms with Crippen LogP contribution in [0.15, 0.2) is 18.2 Å². The molecule has 8 nitrogen and oxygen atoms in total. The summed E-state index contributed by atoms with van der Waals surface area (Å²) < 4.78 is 5.31. The molecule has 0 aliphatic carbocycles. The van der Waals surface area contributed by atoms with Gasteiger partial charge in [-0.3, -0.25) is 9.59 Å². The largest absolute Gasteiger partial charge is 0.444 e. The summed E-state index contributed by atoms with van der Waals surface area (Å²) in [7, 11) is 0. The van der Waals surface area contributed by atoms with Crippen LogP contribution >= 0.6 is 0 Å². The van der Waals surface area contributed by atoms with Crippen LogP contribution in [0.25, 0.3) is 0 Å². The Labute approximate surface area is 217 Å². The van der Waals surface area contributed by atoms with E-state index in [2.05, 4.69) is 24.5 Å². The van der Waals surface area contributed by atoms with Crippen molar-refractivity contribution in [2.24, 2.45) is 5.92 Å². The minimum atomic E-state index is -1.26. The minimum absolute atomic E-state index is 0.138. The SMILES string of the molecule is Cc1cccc(C)c1C(C(=O)NC(C)C)N(C(=O)C(CO)NC(=O)OC(C)(C)C)C(C)CCC(C)C. The summed E-state index contributed by atoms with van der Waals surface area (Å²) in [6.07, 6.45) is 0.698. The van der Waals surface area contributed by atoms with E-state index in [0.29, 0.717) is 12.3 Å². The van der Waals surface area contributed by atoms with E-state index in [-0.39, 0.29) is 18.0 Å². The van der Waals surface area contributed by atoms with E-state index in [1.807, 2.05) is 52.8 Å². The summed E-state index contributed by atoms with van der Waals surface area (Å²) >= 11 is 0. The van der Waals surface area contributed by atoms with E-state index >= 15 is 0 Å². The maximum Gasteiger partial charge on any atom is 0.408 e. The van der Waals surface area contributed by atoms with Crippen molar-refractivity contribution in [2.45, 2.75) is 112 Å².